The largest absolute Gasteiger partial charge is 0.382 e. The van der Waals surface area contributed by atoms with Crippen molar-refractivity contribution in [3.63, 3.8) is 0 Å². The van der Waals surface area contributed by atoms with Gasteiger partial charge < -0.3 is 16.4 Å². The fraction of sp³-hybridized carbons (Fsp3) is 0.273. The minimum atomic E-state index is -0.374. The third-order valence-corrected chi connectivity index (χ3v) is 5.19. The number of nitrogens with one attached hydrogen (secondary N) is 2. The molecule has 3 aromatic rings. The van der Waals surface area contributed by atoms with E-state index in [0.29, 0.717) is 16.8 Å². The van der Waals surface area contributed by atoms with Crippen molar-refractivity contribution in [3.8, 4) is 0 Å². The number of aliphatic imine (C=N–C) groups is 1. The molecule has 1 amide bonds. The van der Waals surface area contributed by atoms with Crippen molar-refractivity contribution in [1.82, 2.24) is 20.5 Å². The van der Waals surface area contributed by atoms with Gasteiger partial charge in [-0.1, -0.05) is 12.1 Å². The van der Waals surface area contributed by atoms with Crippen molar-refractivity contribution < 1.29 is 13.8 Å². The molecular weight excluding hydrogens is 413 g/mol. The van der Waals surface area contributed by atoms with Gasteiger partial charge in [-0.25, -0.2) is 14.0 Å². The number of benzene rings is 2. The summed E-state index contributed by atoms with van der Waals surface area (Å²) in [4.78, 5) is 19.2. The molecule has 1 aliphatic heterocycles. The van der Waals surface area contributed by atoms with Crippen molar-refractivity contribution in [2.45, 2.75) is 13.5 Å². The van der Waals surface area contributed by atoms with Crippen LogP contribution in [0.4, 0.5) is 15.9 Å². The number of amidine groups is 1. The van der Waals surface area contributed by atoms with Gasteiger partial charge in [0.15, 0.2) is 11.5 Å². The number of aromatic nitrogens is 2. The molecule has 4 rings (SSSR count). The molecule has 0 bridgehead atoms. The maximum Gasteiger partial charge on any atom is 0.256 e. The molecule has 0 unspecified atom stereocenters. The first kappa shape index (κ1) is 21.6. The van der Waals surface area contributed by atoms with Crippen LogP contribution >= 0.6 is 0 Å². The standard InChI is InChI=1S/C22H24FN7O2/c1-14-12-17(6-7-18(14)23)26-20(24)19-21(29-32-28-19)27-22(31)16-4-2-15(3-5-16)13-30-10-8-25-9-11-30/h2-7,12,25H,8-11,13H2,1H3,(H2,24,26)(H,27,29,31). The maximum atomic E-state index is 13.5. The third kappa shape index (κ3) is 5.16. The molecule has 1 aromatic heterocycles. The quantitative estimate of drug-likeness (QED) is 0.399. The van der Waals surface area contributed by atoms with Crippen LogP contribution in [-0.4, -0.2) is 53.1 Å². The van der Waals surface area contributed by atoms with Crippen LogP contribution in [0.2, 0.25) is 0 Å². The molecule has 1 fully saturated rings. The number of amides is 1. The number of nitrogens with two attached hydrogens (primary N) is 1. The molecule has 2 aromatic carbocycles. The van der Waals surface area contributed by atoms with Crippen LogP contribution in [0.5, 0.6) is 0 Å². The van der Waals surface area contributed by atoms with Gasteiger partial charge in [-0.3, -0.25) is 9.69 Å². The van der Waals surface area contributed by atoms with Gasteiger partial charge in [-0.2, -0.15) is 0 Å². The fourth-order valence-corrected chi connectivity index (χ4v) is 3.40. The van der Waals surface area contributed by atoms with Crippen LogP contribution in [-0.2, 0) is 6.54 Å². The Morgan fingerprint density at radius 2 is 1.97 bits per heavy atom. The second-order valence-corrected chi connectivity index (χ2v) is 7.57. The summed E-state index contributed by atoms with van der Waals surface area (Å²) in [6.45, 7) is 6.46. The Morgan fingerprint density at radius 3 is 2.69 bits per heavy atom. The molecule has 0 spiro atoms. The number of aryl methyl sites for hydroxylation is 1. The van der Waals surface area contributed by atoms with Crippen molar-refractivity contribution in [3.05, 3.63) is 70.7 Å². The Bertz CT molecular complexity index is 1120. The summed E-state index contributed by atoms with van der Waals surface area (Å²) in [5, 5.41) is 13.4. The zero-order valence-corrected chi connectivity index (χ0v) is 17.6. The Balaban J connectivity index is 1.43. The van der Waals surface area contributed by atoms with Gasteiger partial charge in [0, 0.05) is 38.3 Å². The summed E-state index contributed by atoms with van der Waals surface area (Å²) in [5.41, 5.74) is 8.60. The molecule has 166 valence electrons. The van der Waals surface area contributed by atoms with E-state index in [9.17, 15) is 9.18 Å². The van der Waals surface area contributed by atoms with Gasteiger partial charge in [-0.15, -0.1) is 0 Å². The first-order valence-corrected chi connectivity index (χ1v) is 10.3. The highest BCUT2D eigenvalue weighted by molar-refractivity contribution is 6.08. The minimum Gasteiger partial charge on any atom is -0.382 e. The van der Waals surface area contributed by atoms with Crippen LogP contribution in [0.1, 0.15) is 27.2 Å². The van der Waals surface area contributed by atoms with Gasteiger partial charge in [0.1, 0.15) is 5.82 Å². The van der Waals surface area contributed by atoms with E-state index in [1.165, 1.54) is 12.1 Å². The molecule has 0 atom stereocenters. The molecule has 32 heavy (non-hydrogen) atoms. The average Bonchev–Trinajstić information content (AvgIpc) is 3.26. The lowest BCUT2D eigenvalue weighted by molar-refractivity contribution is 0.102. The van der Waals surface area contributed by atoms with Crippen LogP contribution in [0.3, 0.4) is 0 Å². The van der Waals surface area contributed by atoms with Crippen molar-refractivity contribution in [2.75, 3.05) is 31.5 Å². The molecule has 0 aliphatic carbocycles. The van der Waals surface area contributed by atoms with Crippen LogP contribution < -0.4 is 16.4 Å². The molecule has 9 nitrogen and oxygen atoms in total. The Hall–Kier alpha value is -3.63. The summed E-state index contributed by atoms with van der Waals surface area (Å²) < 4.78 is 18.2. The smallest absolute Gasteiger partial charge is 0.256 e. The Morgan fingerprint density at radius 1 is 1.22 bits per heavy atom. The molecule has 4 N–H and O–H groups in total. The highest BCUT2D eigenvalue weighted by Gasteiger charge is 2.18. The number of hydrogen-bond acceptors (Lipinski definition) is 7. The lowest BCUT2D eigenvalue weighted by atomic mass is 10.1. The number of anilines is 1. The first-order chi connectivity index (χ1) is 15.5. The lowest BCUT2D eigenvalue weighted by Gasteiger charge is -2.27. The molecule has 1 aliphatic rings. The topological polar surface area (TPSA) is 122 Å². The summed E-state index contributed by atoms with van der Waals surface area (Å²) in [6.07, 6.45) is 0. The number of halogens is 1. The predicted molar refractivity (Wildman–Crippen MR) is 118 cm³/mol. The van der Waals surface area contributed by atoms with Gasteiger partial charge in [0.05, 0.1) is 5.69 Å². The molecule has 0 saturated carbocycles. The van der Waals surface area contributed by atoms with Crippen molar-refractivity contribution in [2.24, 2.45) is 10.7 Å². The van der Waals surface area contributed by atoms with E-state index < -0.39 is 0 Å². The summed E-state index contributed by atoms with van der Waals surface area (Å²) in [6, 6.07) is 11.7. The second-order valence-electron chi connectivity index (χ2n) is 7.57. The second kappa shape index (κ2) is 9.67. The van der Waals surface area contributed by atoms with E-state index in [4.69, 9.17) is 10.4 Å². The van der Waals surface area contributed by atoms with Crippen molar-refractivity contribution in [1.29, 1.82) is 0 Å². The number of hydrogen-bond donors (Lipinski definition) is 3. The van der Waals surface area contributed by atoms with Gasteiger partial charge in [-0.05, 0) is 58.7 Å². The average molecular weight is 437 g/mol. The molecular formula is C22H24FN7O2. The number of piperazine rings is 1. The Kier molecular flexibility index (Phi) is 6.52. The number of carbonyl (C=O) groups excluding carboxylic acids is 1. The predicted octanol–water partition coefficient (Wildman–Crippen LogP) is 2.21. The van der Waals surface area contributed by atoms with E-state index in [1.807, 2.05) is 12.1 Å². The monoisotopic (exact) mass is 437 g/mol. The Labute approximate surface area is 184 Å². The molecule has 1 saturated heterocycles. The SMILES string of the molecule is Cc1cc(N=C(N)c2nonc2NC(=O)c2ccc(CN3CCNCC3)cc2)ccc1F. The summed E-state index contributed by atoms with van der Waals surface area (Å²) in [7, 11) is 0. The third-order valence-electron chi connectivity index (χ3n) is 5.19. The fourth-order valence-electron chi connectivity index (χ4n) is 3.40. The number of rotatable bonds is 6. The van der Waals surface area contributed by atoms with Gasteiger partial charge in [0.25, 0.3) is 5.91 Å². The van der Waals surface area contributed by atoms with E-state index in [-0.39, 0.29) is 29.1 Å². The van der Waals surface area contributed by atoms with Crippen LogP contribution in [0, 0.1) is 12.7 Å². The van der Waals surface area contributed by atoms with Crippen LogP contribution in [0.15, 0.2) is 52.1 Å². The lowest BCUT2D eigenvalue weighted by Crippen LogP contribution is -2.42. The molecule has 2 heterocycles. The van der Waals surface area contributed by atoms with E-state index in [1.54, 1.807) is 25.1 Å². The van der Waals surface area contributed by atoms with E-state index in [2.05, 4.69) is 30.8 Å². The molecule has 0 radical (unpaired) electrons. The van der Waals surface area contributed by atoms with E-state index >= 15 is 0 Å². The molecule has 10 heteroatoms. The highest BCUT2D eigenvalue weighted by atomic mass is 19.1. The highest BCUT2D eigenvalue weighted by Crippen LogP contribution is 2.19. The van der Waals surface area contributed by atoms with Gasteiger partial charge in [0.2, 0.25) is 5.82 Å². The summed E-state index contributed by atoms with van der Waals surface area (Å²) >= 11 is 0. The number of nitrogens with zero attached hydrogens (tertiary/aromatic N) is 4. The van der Waals surface area contributed by atoms with Crippen molar-refractivity contribution >= 4 is 23.2 Å². The first-order valence-electron chi connectivity index (χ1n) is 10.3. The summed E-state index contributed by atoms with van der Waals surface area (Å²) in [5.74, 6) is -0.669. The van der Waals surface area contributed by atoms with Gasteiger partial charge >= 0.3 is 0 Å². The number of carbonyl (C=O) groups is 1. The zero-order chi connectivity index (χ0) is 22.5. The minimum absolute atomic E-state index is 0.0149. The maximum absolute atomic E-state index is 13.5. The van der Waals surface area contributed by atoms with E-state index in [0.717, 1.165) is 38.3 Å². The van der Waals surface area contributed by atoms with Crippen LogP contribution in [0.25, 0.3) is 0 Å². The zero-order valence-electron chi connectivity index (χ0n) is 17.6. The normalized spacial score (nSPS) is 15.0.